The van der Waals surface area contributed by atoms with Crippen LogP contribution in [0.2, 0.25) is 0 Å². The van der Waals surface area contributed by atoms with E-state index in [4.69, 9.17) is 23.2 Å². The van der Waals surface area contributed by atoms with Gasteiger partial charge in [0.1, 0.15) is 0 Å². The van der Waals surface area contributed by atoms with Gasteiger partial charge in [0.2, 0.25) is 5.91 Å². The minimum Gasteiger partial charge on any atom is -0.333 e. The number of benzene rings is 1. The Morgan fingerprint density at radius 2 is 1.76 bits per heavy atom. The number of hydrogen-bond acceptors (Lipinski definition) is 6. The van der Waals surface area contributed by atoms with Crippen LogP contribution in [-0.2, 0) is 30.9 Å². The highest BCUT2D eigenvalue weighted by Crippen LogP contribution is 2.43. The molecule has 1 amide bonds. The first-order chi connectivity index (χ1) is 15.4. The van der Waals surface area contributed by atoms with Crippen molar-refractivity contribution in [3.63, 3.8) is 0 Å². The molecule has 1 heterocycles. The number of allylic oxidation sites excluding steroid dienone is 2. The Bertz CT molecular complexity index is 1340. The van der Waals surface area contributed by atoms with Gasteiger partial charge in [-0.15, -0.1) is 0 Å². The largest absolute Gasteiger partial charge is 0.333 e. The van der Waals surface area contributed by atoms with E-state index in [1.54, 1.807) is 12.1 Å². The summed E-state index contributed by atoms with van der Waals surface area (Å²) < 4.78 is 49.3. The molecule has 7 nitrogen and oxygen atoms in total. The summed E-state index contributed by atoms with van der Waals surface area (Å²) >= 11 is 13.0. The number of pyridine rings is 1. The maximum absolute atomic E-state index is 13.1. The second-order valence-electron chi connectivity index (χ2n) is 7.59. The van der Waals surface area contributed by atoms with Crippen molar-refractivity contribution in [3.8, 4) is 0 Å². The first-order valence-electron chi connectivity index (χ1n) is 9.89. The zero-order valence-corrected chi connectivity index (χ0v) is 21.0. The summed E-state index contributed by atoms with van der Waals surface area (Å²) in [5, 5.41) is 2.91. The number of carbonyl (C=O) groups is 1. The zero-order chi connectivity index (χ0) is 24.4. The molecule has 0 aliphatic heterocycles. The van der Waals surface area contributed by atoms with Crippen molar-refractivity contribution in [1.29, 1.82) is 0 Å². The van der Waals surface area contributed by atoms with Crippen LogP contribution in [0.1, 0.15) is 24.6 Å². The molecule has 33 heavy (non-hydrogen) atoms. The molecule has 1 aromatic heterocycles. The minimum absolute atomic E-state index is 0.0176. The van der Waals surface area contributed by atoms with Gasteiger partial charge in [0, 0.05) is 40.2 Å². The maximum Gasteiger partial charge on any atom is 0.227 e. The van der Waals surface area contributed by atoms with Gasteiger partial charge in [0.05, 0.1) is 17.1 Å². The van der Waals surface area contributed by atoms with Crippen LogP contribution in [0.25, 0.3) is 5.57 Å². The number of nitrogens with one attached hydrogen (secondary N) is 1. The fourth-order valence-electron chi connectivity index (χ4n) is 3.47. The predicted molar refractivity (Wildman–Crippen MR) is 129 cm³/mol. The second-order valence-corrected chi connectivity index (χ2v) is 13.0. The zero-order valence-electron chi connectivity index (χ0n) is 17.9. The number of amides is 1. The number of sulfone groups is 2. The molecular formula is C22H22Cl2N2O5S2. The van der Waals surface area contributed by atoms with E-state index in [0.29, 0.717) is 5.57 Å². The van der Waals surface area contributed by atoms with E-state index in [1.165, 1.54) is 25.1 Å². The predicted octanol–water partition coefficient (Wildman–Crippen LogP) is 3.45. The van der Waals surface area contributed by atoms with Gasteiger partial charge in [-0.1, -0.05) is 60.5 Å². The number of halogens is 2. The quantitative estimate of drug-likeness (QED) is 0.589. The third kappa shape index (κ3) is 5.48. The highest BCUT2D eigenvalue weighted by atomic mass is 35.5. The Hall–Kier alpha value is -2.20. The van der Waals surface area contributed by atoms with Gasteiger partial charge in [-0.25, -0.2) is 16.8 Å². The molecule has 2 aromatic rings. The van der Waals surface area contributed by atoms with Gasteiger partial charge in [-0.2, -0.15) is 0 Å². The van der Waals surface area contributed by atoms with Crippen molar-refractivity contribution in [2.45, 2.75) is 29.5 Å². The molecule has 11 heteroatoms. The number of hydrogen-bond donors (Lipinski definition) is 1. The van der Waals surface area contributed by atoms with Crippen LogP contribution in [0, 0.1) is 0 Å². The average Bonchev–Trinajstić information content (AvgIpc) is 2.73. The highest BCUT2D eigenvalue weighted by molar-refractivity contribution is 7.93. The molecule has 0 bridgehead atoms. The lowest BCUT2D eigenvalue weighted by atomic mass is 9.96. The van der Waals surface area contributed by atoms with E-state index in [9.17, 15) is 21.6 Å². The van der Waals surface area contributed by atoms with Crippen LogP contribution < -0.4 is 5.32 Å². The van der Waals surface area contributed by atoms with E-state index in [1.807, 2.05) is 18.2 Å². The molecule has 0 radical (unpaired) electrons. The number of rotatable bonds is 7. The second kappa shape index (κ2) is 9.58. The smallest absolute Gasteiger partial charge is 0.227 e. The van der Waals surface area contributed by atoms with Gasteiger partial charge in [0.15, 0.2) is 24.5 Å². The summed E-state index contributed by atoms with van der Waals surface area (Å²) in [5.74, 6) is -0.875. The molecule has 0 spiro atoms. The van der Waals surface area contributed by atoms with Crippen LogP contribution in [0.15, 0.2) is 69.7 Å². The van der Waals surface area contributed by atoms with E-state index in [2.05, 4.69) is 10.3 Å². The van der Waals surface area contributed by atoms with Crippen molar-refractivity contribution >= 4 is 54.4 Å². The fraction of sp³-hybridized carbons (Fsp3) is 0.273. The summed E-state index contributed by atoms with van der Waals surface area (Å²) in [6, 6.07) is 11.8. The lowest BCUT2D eigenvalue weighted by Gasteiger charge is -2.35. The van der Waals surface area contributed by atoms with Crippen molar-refractivity contribution in [3.05, 3.63) is 76.1 Å². The third-order valence-electron chi connectivity index (χ3n) is 5.20. The molecule has 0 saturated heterocycles. The Labute approximate surface area is 203 Å². The van der Waals surface area contributed by atoms with Crippen LogP contribution in [0.4, 0.5) is 0 Å². The molecule has 1 aromatic carbocycles. The number of aromatic nitrogens is 1. The van der Waals surface area contributed by atoms with Crippen LogP contribution >= 0.6 is 23.2 Å². The Morgan fingerprint density at radius 3 is 2.27 bits per heavy atom. The van der Waals surface area contributed by atoms with Crippen molar-refractivity contribution in [2.24, 2.45) is 0 Å². The minimum atomic E-state index is -3.88. The Morgan fingerprint density at radius 1 is 1.09 bits per heavy atom. The molecule has 1 atom stereocenters. The van der Waals surface area contributed by atoms with Gasteiger partial charge in [-0.3, -0.25) is 9.78 Å². The molecule has 1 N–H and O–H groups in total. The highest BCUT2D eigenvalue weighted by Gasteiger charge is 2.46. The molecular weight excluding hydrogens is 507 g/mol. The first kappa shape index (κ1) is 25.4. The van der Waals surface area contributed by atoms with Gasteiger partial charge >= 0.3 is 0 Å². The van der Waals surface area contributed by atoms with Crippen molar-refractivity contribution in [2.75, 3.05) is 12.0 Å². The standard InChI is InChI=1S/C22H22Cl2N2O5S2/c1-3-33(30,31)22(12-18(23)21(19(24)13-22)15-7-5-4-6-8-15)26-20(27)11-16-9-10-17(14-25-16)32(2,28)29/h4-10,12,14H,3,11,13H2,1-2H3,(H,26,27). The molecule has 1 aliphatic rings. The van der Waals surface area contributed by atoms with Gasteiger partial charge in [0.25, 0.3) is 0 Å². The molecule has 1 unspecified atom stereocenters. The molecule has 1 aliphatic carbocycles. The number of carbonyl (C=O) groups excluding carboxylic acids is 1. The SMILES string of the molecule is CCS(=O)(=O)C1(NC(=O)Cc2ccc(S(C)(=O)=O)cn2)C=C(Cl)C(c2ccccc2)=C(Cl)C1. The molecule has 176 valence electrons. The van der Waals surface area contributed by atoms with Crippen LogP contribution in [0.3, 0.4) is 0 Å². The lowest BCUT2D eigenvalue weighted by Crippen LogP contribution is -2.55. The van der Waals surface area contributed by atoms with Crippen LogP contribution in [-0.4, -0.2) is 44.6 Å². The van der Waals surface area contributed by atoms with Crippen molar-refractivity contribution < 1.29 is 21.6 Å². The van der Waals surface area contributed by atoms with E-state index >= 15 is 0 Å². The monoisotopic (exact) mass is 528 g/mol. The number of nitrogens with zero attached hydrogens (tertiary/aromatic N) is 1. The first-order valence-corrected chi connectivity index (χ1v) is 14.2. The molecule has 0 fully saturated rings. The van der Waals surface area contributed by atoms with Gasteiger partial charge < -0.3 is 5.32 Å². The average molecular weight is 529 g/mol. The summed E-state index contributed by atoms with van der Waals surface area (Å²) in [6.07, 6.45) is 3.08. The lowest BCUT2D eigenvalue weighted by molar-refractivity contribution is -0.121. The van der Waals surface area contributed by atoms with E-state index < -0.39 is 30.5 Å². The third-order valence-corrected chi connectivity index (χ3v) is 9.16. The van der Waals surface area contributed by atoms with Crippen LogP contribution in [0.5, 0.6) is 0 Å². The van der Waals surface area contributed by atoms with E-state index in [-0.39, 0.29) is 39.2 Å². The van der Waals surface area contributed by atoms with Crippen molar-refractivity contribution in [1.82, 2.24) is 10.3 Å². The van der Waals surface area contributed by atoms with E-state index in [0.717, 1.165) is 18.0 Å². The Balaban J connectivity index is 1.92. The summed E-state index contributed by atoms with van der Waals surface area (Å²) in [7, 11) is -7.31. The molecule has 0 saturated carbocycles. The normalized spacial score (nSPS) is 19.2. The summed E-state index contributed by atoms with van der Waals surface area (Å²) in [6.45, 7) is 1.47. The topological polar surface area (TPSA) is 110 Å². The summed E-state index contributed by atoms with van der Waals surface area (Å²) in [5.41, 5.74) is 1.52. The molecule has 3 rings (SSSR count). The maximum atomic E-state index is 13.1. The summed E-state index contributed by atoms with van der Waals surface area (Å²) in [4.78, 5) is 15.0. The fourth-order valence-corrected chi connectivity index (χ4v) is 6.50. The Kier molecular flexibility index (Phi) is 7.38. The van der Waals surface area contributed by atoms with Gasteiger partial charge in [-0.05, 0) is 23.8 Å².